The fourth-order valence-corrected chi connectivity index (χ4v) is 1.50. The molecule has 0 atom stereocenters. The quantitative estimate of drug-likeness (QED) is 0.869. The van der Waals surface area contributed by atoms with Gasteiger partial charge in [0.2, 0.25) is 0 Å². The van der Waals surface area contributed by atoms with Gasteiger partial charge in [-0.25, -0.2) is 4.98 Å². The van der Waals surface area contributed by atoms with Crippen molar-refractivity contribution in [1.29, 1.82) is 0 Å². The summed E-state index contributed by atoms with van der Waals surface area (Å²) >= 11 is 5.74. The van der Waals surface area contributed by atoms with Gasteiger partial charge in [-0.05, 0) is 31.2 Å². The predicted molar refractivity (Wildman–Crippen MR) is 69.9 cm³/mol. The highest BCUT2D eigenvalue weighted by Gasteiger charge is 2.05. The molecule has 0 saturated carbocycles. The van der Waals surface area contributed by atoms with Crippen molar-refractivity contribution in [1.82, 2.24) is 20.5 Å². The molecule has 2 N–H and O–H groups in total. The van der Waals surface area contributed by atoms with Crippen LogP contribution in [0.1, 0.15) is 11.6 Å². The summed E-state index contributed by atoms with van der Waals surface area (Å²) in [4.78, 5) is 15.6. The normalized spacial score (nSPS) is 10.2. The minimum atomic E-state index is -0.239. The van der Waals surface area contributed by atoms with Crippen LogP contribution in [-0.4, -0.2) is 27.7 Å². The van der Waals surface area contributed by atoms with Crippen molar-refractivity contribution in [3.63, 3.8) is 0 Å². The number of carbonyl (C=O) groups excluding carboxylic acids is 1. The maximum absolute atomic E-state index is 11.5. The number of hydrogen-bond donors (Lipinski definition) is 2. The van der Waals surface area contributed by atoms with Crippen LogP contribution in [0.3, 0.4) is 0 Å². The zero-order valence-corrected chi connectivity index (χ0v) is 11.1. The average Bonchev–Trinajstić information content (AvgIpc) is 2.81. The molecule has 0 aliphatic heterocycles. The van der Waals surface area contributed by atoms with Crippen molar-refractivity contribution in [2.75, 3.05) is 6.61 Å². The number of H-pyrrole nitrogens is 1. The number of nitrogens with zero attached hydrogens (tertiary/aromatic N) is 2. The number of rotatable bonds is 5. The van der Waals surface area contributed by atoms with Crippen molar-refractivity contribution < 1.29 is 9.53 Å². The number of amides is 1. The van der Waals surface area contributed by atoms with E-state index < -0.39 is 0 Å². The summed E-state index contributed by atoms with van der Waals surface area (Å²) in [6.45, 7) is 2.00. The van der Waals surface area contributed by atoms with E-state index in [0.717, 1.165) is 0 Å². The molecule has 0 fully saturated rings. The zero-order chi connectivity index (χ0) is 13.7. The average molecular weight is 281 g/mol. The molecule has 0 bridgehead atoms. The van der Waals surface area contributed by atoms with Crippen molar-refractivity contribution in [3.05, 3.63) is 40.9 Å². The molecular weight excluding hydrogens is 268 g/mol. The Kier molecular flexibility index (Phi) is 4.35. The molecule has 1 aromatic heterocycles. The van der Waals surface area contributed by atoms with Gasteiger partial charge in [-0.15, -0.1) is 0 Å². The maximum Gasteiger partial charge on any atom is 0.258 e. The molecule has 0 spiro atoms. The summed E-state index contributed by atoms with van der Waals surface area (Å²) in [5, 5.41) is 9.89. The van der Waals surface area contributed by atoms with E-state index in [-0.39, 0.29) is 19.1 Å². The van der Waals surface area contributed by atoms with Gasteiger partial charge in [0.1, 0.15) is 11.6 Å². The number of carbonyl (C=O) groups is 1. The Morgan fingerprint density at radius 2 is 2.16 bits per heavy atom. The van der Waals surface area contributed by atoms with E-state index in [4.69, 9.17) is 16.3 Å². The van der Waals surface area contributed by atoms with Gasteiger partial charge in [0, 0.05) is 5.02 Å². The second kappa shape index (κ2) is 6.19. The molecule has 1 amide bonds. The smallest absolute Gasteiger partial charge is 0.258 e. The number of halogens is 1. The molecule has 100 valence electrons. The fourth-order valence-electron chi connectivity index (χ4n) is 1.38. The Bertz CT molecular complexity index is 553. The van der Waals surface area contributed by atoms with E-state index in [0.29, 0.717) is 22.4 Å². The van der Waals surface area contributed by atoms with E-state index in [1.807, 2.05) is 0 Å². The lowest BCUT2D eigenvalue weighted by atomic mass is 10.3. The maximum atomic E-state index is 11.5. The van der Waals surface area contributed by atoms with E-state index in [2.05, 4.69) is 20.5 Å². The minimum Gasteiger partial charge on any atom is -0.484 e. The summed E-state index contributed by atoms with van der Waals surface area (Å²) in [5.41, 5.74) is 0. The summed E-state index contributed by atoms with van der Waals surface area (Å²) in [5.74, 6) is 1.60. The second-order valence-electron chi connectivity index (χ2n) is 3.86. The van der Waals surface area contributed by atoms with Crippen molar-refractivity contribution in [2.24, 2.45) is 0 Å². The third-order valence-corrected chi connectivity index (χ3v) is 2.52. The Labute approximate surface area is 115 Å². The van der Waals surface area contributed by atoms with E-state index in [1.165, 1.54) is 0 Å². The molecule has 19 heavy (non-hydrogen) atoms. The summed E-state index contributed by atoms with van der Waals surface area (Å²) < 4.78 is 5.30. The zero-order valence-electron chi connectivity index (χ0n) is 10.3. The summed E-state index contributed by atoms with van der Waals surface area (Å²) in [6, 6.07) is 6.80. The lowest BCUT2D eigenvalue weighted by Crippen LogP contribution is -2.28. The van der Waals surface area contributed by atoms with Gasteiger partial charge in [0.15, 0.2) is 12.4 Å². The highest BCUT2D eigenvalue weighted by atomic mass is 35.5. The van der Waals surface area contributed by atoms with Gasteiger partial charge in [0.05, 0.1) is 6.54 Å². The lowest BCUT2D eigenvalue weighted by molar-refractivity contribution is -0.123. The molecular formula is C12H13ClN4O2. The van der Waals surface area contributed by atoms with E-state index >= 15 is 0 Å². The first-order valence-electron chi connectivity index (χ1n) is 5.66. The Morgan fingerprint density at radius 1 is 1.42 bits per heavy atom. The molecule has 0 saturated heterocycles. The number of nitrogens with one attached hydrogen (secondary N) is 2. The number of aryl methyl sites for hydroxylation is 1. The van der Waals surface area contributed by atoms with Crippen LogP contribution in [0.25, 0.3) is 0 Å². The molecule has 0 unspecified atom stereocenters. The van der Waals surface area contributed by atoms with Crippen LogP contribution in [0.5, 0.6) is 5.75 Å². The lowest BCUT2D eigenvalue weighted by Gasteiger charge is -2.06. The van der Waals surface area contributed by atoms with Gasteiger partial charge in [-0.2, -0.15) is 5.10 Å². The molecule has 1 heterocycles. The third kappa shape index (κ3) is 4.26. The highest BCUT2D eigenvalue weighted by Crippen LogP contribution is 2.15. The topological polar surface area (TPSA) is 79.9 Å². The number of ether oxygens (including phenoxy) is 1. The van der Waals surface area contributed by atoms with Crippen LogP contribution in [0, 0.1) is 6.92 Å². The number of aromatic nitrogens is 3. The molecule has 6 nitrogen and oxygen atoms in total. The SMILES string of the molecule is Cc1nc(CNC(=O)COc2ccc(Cl)cc2)n[nH]1. The van der Waals surface area contributed by atoms with Crippen molar-refractivity contribution in [2.45, 2.75) is 13.5 Å². The third-order valence-electron chi connectivity index (χ3n) is 2.27. The Hall–Kier alpha value is -2.08. The summed E-state index contributed by atoms with van der Waals surface area (Å²) in [6.07, 6.45) is 0. The van der Waals surface area contributed by atoms with Crippen LogP contribution < -0.4 is 10.1 Å². The molecule has 7 heteroatoms. The molecule has 2 rings (SSSR count). The molecule has 1 aromatic carbocycles. The molecule has 0 aliphatic carbocycles. The largest absolute Gasteiger partial charge is 0.484 e. The number of hydrogen-bond acceptors (Lipinski definition) is 4. The predicted octanol–water partition coefficient (Wildman–Crippen LogP) is 1.46. The van der Waals surface area contributed by atoms with Crippen LogP contribution in [0.15, 0.2) is 24.3 Å². The van der Waals surface area contributed by atoms with Crippen LogP contribution in [0.2, 0.25) is 5.02 Å². The van der Waals surface area contributed by atoms with E-state index in [9.17, 15) is 4.79 Å². The number of aromatic amines is 1. The first-order valence-corrected chi connectivity index (χ1v) is 6.04. The fraction of sp³-hybridized carbons (Fsp3) is 0.250. The van der Waals surface area contributed by atoms with Crippen molar-refractivity contribution in [3.8, 4) is 5.75 Å². The summed E-state index contributed by atoms with van der Waals surface area (Å²) in [7, 11) is 0. The first-order chi connectivity index (χ1) is 9.13. The second-order valence-corrected chi connectivity index (χ2v) is 4.29. The standard InChI is InChI=1S/C12H13ClN4O2/c1-8-15-11(17-16-8)6-14-12(18)7-19-10-4-2-9(13)3-5-10/h2-5H,6-7H2,1H3,(H,14,18)(H,15,16,17). The Morgan fingerprint density at radius 3 is 2.79 bits per heavy atom. The van der Waals surface area contributed by atoms with E-state index in [1.54, 1.807) is 31.2 Å². The molecule has 0 aliphatic rings. The van der Waals surface area contributed by atoms with Crippen LogP contribution >= 0.6 is 11.6 Å². The van der Waals surface area contributed by atoms with Gasteiger partial charge in [-0.3, -0.25) is 9.89 Å². The van der Waals surface area contributed by atoms with Crippen LogP contribution in [0.4, 0.5) is 0 Å². The van der Waals surface area contributed by atoms with Gasteiger partial charge < -0.3 is 10.1 Å². The monoisotopic (exact) mass is 280 g/mol. The van der Waals surface area contributed by atoms with Crippen LogP contribution in [-0.2, 0) is 11.3 Å². The highest BCUT2D eigenvalue weighted by molar-refractivity contribution is 6.30. The Balaban J connectivity index is 1.74. The molecule has 0 radical (unpaired) electrons. The molecule has 2 aromatic rings. The van der Waals surface area contributed by atoms with Gasteiger partial charge in [0.25, 0.3) is 5.91 Å². The first kappa shape index (κ1) is 13.4. The number of benzene rings is 1. The van der Waals surface area contributed by atoms with Crippen molar-refractivity contribution >= 4 is 17.5 Å². The van der Waals surface area contributed by atoms with Gasteiger partial charge in [-0.1, -0.05) is 11.6 Å². The minimum absolute atomic E-state index is 0.0644. The van der Waals surface area contributed by atoms with Gasteiger partial charge >= 0.3 is 0 Å².